The number of rotatable bonds is 10. The van der Waals surface area contributed by atoms with Crippen molar-refractivity contribution in [2.45, 2.75) is 31.4 Å². The van der Waals surface area contributed by atoms with Crippen LogP contribution in [-0.2, 0) is 19.2 Å². The minimum Gasteiger partial charge on any atom is -0.481 e. The van der Waals surface area contributed by atoms with Gasteiger partial charge >= 0.3 is 5.97 Å². The maximum Gasteiger partial charge on any atom is 0.305 e. The van der Waals surface area contributed by atoms with Crippen LogP contribution >= 0.6 is 0 Å². The van der Waals surface area contributed by atoms with Gasteiger partial charge in [0.05, 0.1) is 12.1 Å². The van der Waals surface area contributed by atoms with Gasteiger partial charge in [-0.1, -0.05) is 49.4 Å². The number of hydrogen-bond acceptors (Lipinski definition) is 6. The molecule has 3 N–H and O–H groups in total. The number of carbonyl (C=O) groups is 3. The van der Waals surface area contributed by atoms with Crippen molar-refractivity contribution in [1.82, 2.24) is 10.8 Å². The largest absolute Gasteiger partial charge is 0.481 e. The van der Waals surface area contributed by atoms with Crippen molar-refractivity contribution in [3.8, 4) is 5.75 Å². The highest BCUT2D eigenvalue weighted by Crippen LogP contribution is 2.33. The summed E-state index contributed by atoms with van der Waals surface area (Å²) in [5.41, 5.74) is 2.27. The SMILES string of the molecule is CCC1(C(=O)N[C@@H](CC(=O)O)C(=O)COc2c(F)c(F)cc(F)c2F)C=C(c2cccc3ccccc23)NO1. The van der Waals surface area contributed by atoms with E-state index < -0.39 is 71.3 Å². The second kappa shape index (κ2) is 11.1. The lowest BCUT2D eigenvalue weighted by Crippen LogP contribution is -2.53. The van der Waals surface area contributed by atoms with E-state index in [1.54, 1.807) is 6.92 Å². The number of nitrogens with one attached hydrogen (secondary N) is 2. The van der Waals surface area contributed by atoms with Gasteiger partial charge in [0.25, 0.3) is 5.91 Å². The molecule has 1 aliphatic heterocycles. The summed E-state index contributed by atoms with van der Waals surface area (Å²) in [5, 5.41) is 13.3. The number of benzene rings is 3. The predicted molar refractivity (Wildman–Crippen MR) is 130 cm³/mol. The van der Waals surface area contributed by atoms with Crippen molar-refractivity contribution in [3.63, 3.8) is 0 Å². The number of hydrogen-bond donors (Lipinski definition) is 3. The van der Waals surface area contributed by atoms with Crippen molar-refractivity contribution in [2.24, 2.45) is 0 Å². The van der Waals surface area contributed by atoms with Gasteiger partial charge in [0.1, 0.15) is 12.6 Å². The summed E-state index contributed by atoms with van der Waals surface area (Å²) >= 11 is 0. The zero-order valence-electron chi connectivity index (χ0n) is 20.4. The van der Waals surface area contributed by atoms with Gasteiger partial charge in [-0.25, -0.2) is 8.78 Å². The molecule has 204 valence electrons. The van der Waals surface area contributed by atoms with Gasteiger partial charge in [-0.05, 0) is 23.3 Å². The molecule has 0 saturated carbocycles. The lowest BCUT2D eigenvalue weighted by molar-refractivity contribution is -0.148. The number of Topliss-reactive ketones (excluding diaryl/α,β-unsaturated/α-hetero) is 1. The molecule has 3 aromatic carbocycles. The zero-order valence-corrected chi connectivity index (χ0v) is 20.4. The van der Waals surface area contributed by atoms with E-state index in [9.17, 15) is 37.1 Å². The summed E-state index contributed by atoms with van der Waals surface area (Å²) in [5.74, 6) is -12.2. The Balaban J connectivity index is 1.55. The molecular weight excluding hydrogens is 524 g/mol. The molecule has 2 atom stereocenters. The number of aliphatic carboxylic acids is 1. The summed E-state index contributed by atoms with van der Waals surface area (Å²) in [7, 11) is 0. The van der Waals surface area contributed by atoms with E-state index in [1.807, 2.05) is 42.5 Å². The summed E-state index contributed by atoms with van der Waals surface area (Å²) in [6.07, 6.45) is 0.663. The highest BCUT2D eigenvalue weighted by Gasteiger charge is 2.43. The molecule has 39 heavy (non-hydrogen) atoms. The maximum atomic E-state index is 13.9. The fourth-order valence-electron chi connectivity index (χ4n) is 4.10. The number of halogens is 4. The second-order valence-electron chi connectivity index (χ2n) is 8.71. The molecule has 0 bridgehead atoms. The fourth-order valence-corrected chi connectivity index (χ4v) is 4.10. The van der Waals surface area contributed by atoms with Gasteiger partial charge in [-0.2, -0.15) is 8.78 Å². The molecule has 0 aliphatic carbocycles. The molecule has 8 nitrogen and oxygen atoms in total. The van der Waals surface area contributed by atoms with E-state index in [0.29, 0.717) is 5.70 Å². The third-order valence-electron chi connectivity index (χ3n) is 6.21. The first-order chi connectivity index (χ1) is 18.6. The molecule has 1 heterocycles. The quantitative estimate of drug-likeness (QED) is 0.260. The first-order valence-corrected chi connectivity index (χ1v) is 11.7. The average molecular weight is 546 g/mol. The number of carboxylic acids is 1. The Labute approximate surface area is 219 Å². The molecule has 0 saturated heterocycles. The van der Waals surface area contributed by atoms with Crippen LogP contribution in [0.1, 0.15) is 25.3 Å². The number of hydroxylamine groups is 1. The minimum atomic E-state index is -1.87. The van der Waals surface area contributed by atoms with Crippen molar-refractivity contribution >= 4 is 34.1 Å². The number of ether oxygens (including phenoxy) is 1. The standard InChI is InChI=1S/C27H22F4N2O6/c1-2-27(12-20(33-39-27)16-9-5-7-14-6-3-4-8-15(14)16)26(37)32-19(11-22(35)36)21(34)13-38-25-23(30)17(28)10-18(29)24(25)31/h3-10,12,19,33H,2,11,13H2,1H3,(H,32,37)(H,35,36)/t19-,27?/m0/s1. The summed E-state index contributed by atoms with van der Waals surface area (Å²) < 4.78 is 59.3. The Morgan fingerprint density at radius 3 is 2.38 bits per heavy atom. The van der Waals surface area contributed by atoms with Crippen molar-refractivity contribution in [1.29, 1.82) is 0 Å². The van der Waals surface area contributed by atoms with E-state index >= 15 is 0 Å². The van der Waals surface area contributed by atoms with Gasteiger partial charge in [-0.15, -0.1) is 0 Å². The molecule has 0 spiro atoms. The van der Waals surface area contributed by atoms with Crippen LogP contribution < -0.4 is 15.5 Å². The Hall–Kier alpha value is -4.45. The van der Waals surface area contributed by atoms with Crippen molar-refractivity contribution in [2.75, 3.05) is 6.61 Å². The van der Waals surface area contributed by atoms with E-state index in [-0.39, 0.29) is 12.5 Å². The summed E-state index contributed by atoms with van der Waals surface area (Å²) in [6, 6.07) is 11.3. The zero-order chi connectivity index (χ0) is 28.3. The summed E-state index contributed by atoms with van der Waals surface area (Å²) in [4.78, 5) is 43.0. The Bertz CT molecular complexity index is 1460. The van der Waals surface area contributed by atoms with Crippen molar-refractivity contribution in [3.05, 3.63) is 83.4 Å². The number of carboxylic acid groups (broad SMARTS) is 1. The number of fused-ring (bicyclic) bond motifs is 1. The number of amides is 1. The molecule has 12 heteroatoms. The highest BCUT2D eigenvalue weighted by molar-refractivity contribution is 5.99. The van der Waals surface area contributed by atoms with E-state index in [2.05, 4.69) is 15.5 Å². The normalized spacial score (nSPS) is 17.3. The third-order valence-corrected chi connectivity index (χ3v) is 6.21. The van der Waals surface area contributed by atoms with Gasteiger partial charge in [0.15, 0.2) is 28.8 Å². The molecule has 3 aromatic rings. The molecule has 1 aliphatic rings. The minimum absolute atomic E-state index is 0.0351. The second-order valence-corrected chi connectivity index (χ2v) is 8.71. The van der Waals surface area contributed by atoms with E-state index in [4.69, 9.17) is 4.84 Å². The monoisotopic (exact) mass is 546 g/mol. The molecule has 0 aromatic heterocycles. The van der Waals surface area contributed by atoms with E-state index in [0.717, 1.165) is 16.3 Å². The van der Waals surface area contributed by atoms with Crippen LogP contribution in [0.3, 0.4) is 0 Å². The van der Waals surface area contributed by atoms with Gasteiger partial charge in [0, 0.05) is 11.6 Å². The highest BCUT2D eigenvalue weighted by atomic mass is 19.2. The van der Waals surface area contributed by atoms with E-state index in [1.165, 1.54) is 6.08 Å². The Morgan fingerprint density at radius 2 is 1.72 bits per heavy atom. The lowest BCUT2D eigenvalue weighted by Gasteiger charge is -2.25. The predicted octanol–water partition coefficient (Wildman–Crippen LogP) is 4.03. The topological polar surface area (TPSA) is 114 Å². The third kappa shape index (κ3) is 5.55. The molecule has 0 radical (unpaired) electrons. The van der Waals surface area contributed by atoms with Crippen LogP contribution in [0.5, 0.6) is 5.75 Å². The van der Waals surface area contributed by atoms with Gasteiger partial charge < -0.3 is 15.2 Å². The fraction of sp³-hybridized carbons (Fsp3) is 0.222. The van der Waals surface area contributed by atoms with Gasteiger partial charge in [-0.3, -0.25) is 24.7 Å². The van der Waals surface area contributed by atoms with Crippen LogP contribution in [0.15, 0.2) is 54.6 Å². The molecule has 0 fully saturated rings. The smallest absolute Gasteiger partial charge is 0.305 e. The first kappa shape index (κ1) is 27.6. The number of carbonyl (C=O) groups excluding carboxylic acids is 2. The summed E-state index contributed by atoms with van der Waals surface area (Å²) in [6.45, 7) is 0.440. The molecule has 1 unspecified atom stereocenters. The van der Waals surface area contributed by atoms with Crippen molar-refractivity contribution < 1.29 is 46.6 Å². The molecule has 1 amide bonds. The Kier molecular flexibility index (Phi) is 7.86. The molecule has 4 rings (SSSR count). The van der Waals surface area contributed by atoms with Crippen LogP contribution in [-0.4, -0.2) is 41.0 Å². The van der Waals surface area contributed by atoms with Crippen LogP contribution in [0.25, 0.3) is 16.5 Å². The van der Waals surface area contributed by atoms with Crippen LogP contribution in [0, 0.1) is 23.3 Å². The lowest BCUT2D eigenvalue weighted by atomic mass is 9.94. The average Bonchev–Trinajstić information content (AvgIpc) is 3.36. The first-order valence-electron chi connectivity index (χ1n) is 11.7. The van der Waals surface area contributed by atoms with Crippen LogP contribution in [0.4, 0.5) is 17.6 Å². The number of ketones is 1. The van der Waals surface area contributed by atoms with Crippen LogP contribution in [0.2, 0.25) is 0 Å². The Morgan fingerprint density at radius 1 is 1.05 bits per heavy atom. The van der Waals surface area contributed by atoms with Gasteiger partial charge in [0.2, 0.25) is 11.6 Å². The molecular formula is C27H22F4N2O6. The maximum absolute atomic E-state index is 13.9.